The summed E-state index contributed by atoms with van der Waals surface area (Å²) in [7, 11) is 3.25. The monoisotopic (exact) mass is 482 g/mol. The van der Waals surface area contributed by atoms with E-state index < -0.39 is 0 Å². The van der Waals surface area contributed by atoms with E-state index in [9.17, 15) is 0 Å². The summed E-state index contributed by atoms with van der Waals surface area (Å²) in [6, 6.07) is 8.61. The van der Waals surface area contributed by atoms with Gasteiger partial charge in [0.1, 0.15) is 17.1 Å². The molecule has 1 atom stereocenters. The summed E-state index contributed by atoms with van der Waals surface area (Å²) in [6.07, 6.45) is 13.6. The highest BCUT2D eigenvalue weighted by atomic mass is 35.5. The van der Waals surface area contributed by atoms with Crippen molar-refractivity contribution in [2.24, 2.45) is 5.92 Å². The van der Waals surface area contributed by atoms with Crippen LogP contribution < -0.4 is 19.7 Å². The van der Waals surface area contributed by atoms with Crippen molar-refractivity contribution in [2.45, 2.75) is 51.0 Å². The summed E-state index contributed by atoms with van der Waals surface area (Å²) in [4.78, 5) is 7.40. The molecule has 0 radical (unpaired) electrons. The van der Waals surface area contributed by atoms with Gasteiger partial charge in [-0.3, -0.25) is 0 Å². The van der Waals surface area contributed by atoms with Crippen LogP contribution in [-0.4, -0.2) is 49.3 Å². The van der Waals surface area contributed by atoms with E-state index >= 15 is 0 Å². The Bertz CT molecular complexity index is 1130. The Balaban J connectivity index is 1.32. The minimum atomic E-state index is 0.538. The van der Waals surface area contributed by atoms with Crippen molar-refractivity contribution in [2.75, 3.05) is 38.8 Å². The summed E-state index contributed by atoms with van der Waals surface area (Å²) in [6.45, 7) is 3.32. The normalized spacial score (nSPS) is 19.5. The number of benzene rings is 1. The van der Waals surface area contributed by atoms with Gasteiger partial charge in [0.15, 0.2) is 0 Å². The third kappa shape index (κ3) is 4.98. The standard InChI is InChI=1S/C27H35ClN4O2/c1-33-25-15-26(34-2)23(28)14-22(25)24-18-32-12-10-21(13-27(32)30-24)31-11-6-9-20(17-31)29-16-19-7-4-3-5-8-19/h10,12-15,18-20,29H,3-9,11,16-17H2,1-2H3. The summed E-state index contributed by atoms with van der Waals surface area (Å²) in [5, 5.41) is 4.42. The molecule has 34 heavy (non-hydrogen) atoms. The van der Waals surface area contributed by atoms with Crippen LogP contribution in [-0.2, 0) is 0 Å². The minimum absolute atomic E-state index is 0.538. The van der Waals surface area contributed by atoms with Gasteiger partial charge in [-0.1, -0.05) is 30.9 Å². The topological polar surface area (TPSA) is 51.0 Å². The van der Waals surface area contributed by atoms with Crippen molar-refractivity contribution < 1.29 is 9.47 Å². The van der Waals surface area contributed by atoms with Gasteiger partial charge in [-0.05, 0) is 50.3 Å². The second kappa shape index (κ2) is 10.4. The highest BCUT2D eigenvalue weighted by molar-refractivity contribution is 6.32. The maximum absolute atomic E-state index is 6.39. The van der Waals surface area contributed by atoms with Crippen molar-refractivity contribution in [3.63, 3.8) is 0 Å². The first-order chi connectivity index (χ1) is 16.6. The van der Waals surface area contributed by atoms with Crippen LogP contribution in [0.4, 0.5) is 5.69 Å². The number of nitrogens with one attached hydrogen (secondary N) is 1. The van der Waals surface area contributed by atoms with Crippen LogP contribution in [0, 0.1) is 5.92 Å². The van der Waals surface area contributed by atoms with Gasteiger partial charge in [-0.25, -0.2) is 4.98 Å². The molecular weight excluding hydrogens is 448 g/mol. The Kier molecular flexibility index (Phi) is 7.16. The summed E-state index contributed by atoms with van der Waals surface area (Å²) < 4.78 is 13.0. The van der Waals surface area contributed by atoms with Crippen molar-refractivity contribution in [1.82, 2.24) is 14.7 Å². The number of anilines is 1. The van der Waals surface area contributed by atoms with Crippen LogP contribution in [0.1, 0.15) is 44.9 Å². The lowest BCUT2D eigenvalue weighted by Gasteiger charge is -2.36. The van der Waals surface area contributed by atoms with Gasteiger partial charge in [-0.2, -0.15) is 0 Å². The van der Waals surface area contributed by atoms with Crippen LogP contribution in [0.2, 0.25) is 5.02 Å². The van der Waals surface area contributed by atoms with Gasteiger partial charge in [-0.15, -0.1) is 0 Å². The lowest BCUT2D eigenvalue weighted by Crippen LogP contribution is -2.47. The predicted molar refractivity (Wildman–Crippen MR) is 139 cm³/mol. The molecule has 1 aromatic carbocycles. The molecule has 0 bridgehead atoms. The fourth-order valence-corrected chi connectivity index (χ4v) is 5.70. The third-order valence-electron chi connectivity index (χ3n) is 7.40. The second-order valence-electron chi connectivity index (χ2n) is 9.66. The Hall–Kier alpha value is -2.44. The van der Waals surface area contributed by atoms with Gasteiger partial charge in [0.25, 0.3) is 0 Å². The molecule has 1 aliphatic carbocycles. The number of rotatable bonds is 7. The number of fused-ring (bicyclic) bond motifs is 1. The van der Waals surface area contributed by atoms with Gasteiger partial charge in [0.05, 0.1) is 24.9 Å². The van der Waals surface area contributed by atoms with Crippen LogP contribution in [0.5, 0.6) is 11.5 Å². The third-order valence-corrected chi connectivity index (χ3v) is 7.70. The lowest BCUT2D eigenvalue weighted by molar-refractivity contribution is 0.314. The molecule has 2 fully saturated rings. The van der Waals surface area contributed by atoms with Gasteiger partial charge < -0.3 is 24.1 Å². The second-order valence-corrected chi connectivity index (χ2v) is 10.1. The Morgan fingerprint density at radius 1 is 1.03 bits per heavy atom. The Morgan fingerprint density at radius 3 is 2.65 bits per heavy atom. The molecule has 0 amide bonds. The molecule has 3 heterocycles. The summed E-state index contributed by atoms with van der Waals surface area (Å²) in [5.74, 6) is 2.14. The van der Waals surface area contributed by atoms with E-state index in [0.717, 1.165) is 35.9 Å². The first-order valence-electron chi connectivity index (χ1n) is 12.5. The van der Waals surface area contributed by atoms with E-state index in [-0.39, 0.29) is 0 Å². The molecule has 1 saturated heterocycles. The van der Waals surface area contributed by atoms with E-state index in [1.165, 1.54) is 57.2 Å². The van der Waals surface area contributed by atoms with E-state index in [0.29, 0.717) is 22.6 Å². The zero-order valence-corrected chi connectivity index (χ0v) is 21.0. The molecule has 0 spiro atoms. The number of piperidine rings is 1. The largest absolute Gasteiger partial charge is 0.496 e. The fraction of sp³-hybridized carbons (Fsp3) is 0.519. The van der Waals surface area contributed by atoms with Crippen molar-refractivity contribution in [3.05, 3.63) is 41.7 Å². The van der Waals surface area contributed by atoms with E-state index in [1.807, 2.05) is 12.3 Å². The average molecular weight is 483 g/mol. The highest BCUT2D eigenvalue weighted by Crippen LogP contribution is 2.38. The minimum Gasteiger partial charge on any atom is -0.496 e. The first kappa shape index (κ1) is 23.3. The molecule has 182 valence electrons. The SMILES string of the molecule is COc1cc(OC)c(-c2cn3ccc(N4CCCC(NCC5CCCCC5)C4)cc3n2)cc1Cl. The summed E-state index contributed by atoms with van der Waals surface area (Å²) >= 11 is 6.39. The van der Waals surface area contributed by atoms with Crippen molar-refractivity contribution in [3.8, 4) is 22.8 Å². The number of ether oxygens (including phenoxy) is 2. The predicted octanol–water partition coefficient (Wildman–Crippen LogP) is 5.81. The highest BCUT2D eigenvalue weighted by Gasteiger charge is 2.22. The molecule has 6 nitrogen and oxygen atoms in total. The Morgan fingerprint density at radius 2 is 1.85 bits per heavy atom. The molecule has 1 N–H and O–H groups in total. The van der Waals surface area contributed by atoms with Crippen LogP contribution >= 0.6 is 11.6 Å². The molecule has 2 aliphatic rings. The van der Waals surface area contributed by atoms with Crippen molar-refractivity contribution >= 4 is 22.9 Å². The molecule has 3 aromatic rings. The average Bonchev–Trinajstić information content (AvgIpc) is 3.31. The van der Waals surface area contributed by atoms with E-state index in [4.69, 9.17) is 26.1 Å². The quantitative estimate of drug-likeness (QED) is 0.460. The lowest BCUT2D eigenvalue weighted by atomic mass is 9.89. The van der Waals surface area contributed by atoms with Crippen LogP contribution in [0.15, 0.2) is 36.7 Å². The fourth-order valence-electron chi connectivity index (χ4n) is 5.46. The Labute approximate surface area is 207 Å². The molecule has 7 heteroatoms. The number of pyridine rings is 1. The van der Waals surface area contributed by atoms with Gasteiger partial charge in [0, 0.05) is 54.9 Å². The van der Waals surface area contributed by atoms with E-state index in [2.05, 4.69) is 32.9 Å². The smallest absolute Gasteiger partial charge is 0.141 e. The molecular formula is C27H35ClN4O2. The number of methoxy groups -OCH3 is 2. The maximum Gasteiger partial charge on any atom is 0.141 e. The number of nitrogens with zero attached hydrogens (tertiary/aromatic N) is 3. The first-order valence-corrected chi connectivity index (χ1v) is 12.9. The number of aromatic nitrogens is 2. The van der Waals surface area contributed by atoms with Gasteiger partial charge >= 0.3 is 0 Å². The maximum atomic E-state index is 6.39. The van der Waals surface area contributed by atoms with Crippen molar-refractivity contribution in [1.29, 1.82) is 0 Å². The summed E-state index contributed by atoms with van der Waals surface area (Å²) in [5.41, 5.74) is 3.82. The van der Waals surface area contributed by atoms with Crippen LogP contribution in [0.25, 0.3) is 16.9 Å². The zero-order chi connectivity index (χ0) is 23.5. The number of hydrogen-bond donors (Lipinski definition) is 1. The number of imidazole rings is 1. The van der Waals surface area contributed by atoms with Crippen LogP contribution in [0.3, 0.4) is 0 Å². The molecule has 1 saturated carbocycles. The molecule has 1 unspecified atom stereocenters. The molecule has 1 aliphatic heterocycles. The number of halogens is 1. The van der Waals surface area contributed by atoms with E-state index in [1.54, 1.807) is 20.3 Å². The molecule has 5 rings (SSSR count). The molecule has 2 aromatic heterocycles. The zero-order valence-electron chi connectivity index (χ0n) is 20.2. The number of hydrogen-bond acceptors (Lipinski definition) is 5. The van der Waals surface area contributed by atoms with Gasteiger partial charge in [0.2, 0.25) is 0 Å².